The monoisotopic (exact) mass is 254 g/mol. The average molecular weight is 254 g/mol. The molecular weight excluding hydrogens is 228 g/mol. The second kappa shape index (κ2) is 7.52. The number of rotatable bonds is 7. The van der Waals surface area contributed by atoms with Gasteiger partial charge in [-0.3, -0.25) is 0 Å². The summed E-state index contributed by atoms with van der Waals surface area (Å²) in [6, 6.07) is 0. The van der Waals surface area contributed by atoms with Crippen LogP contribution < -0.4 is 0 Å². The first kappa shape index (κ1) is 17.1. The van der Waals surface area contributed by atoms with Crippen LogP contribution in [0, 0.1) is 0 Å². The lowest BCUT2D eigenvalue weighted by Gasteiger charge is -2.21. The van der Waals surface area contributed by atoms with Crippen molar-refractivity contribution in [2.45, 2.75) is 58.3 Å². The van der Waals surface area contributed by atoms with Gasteiger partial charge in [0.05, 0.1) is 17.8 Å². The van der Waals surface area contributed by atoms with Crippen molar-refractivity contribution >= 4 is 0 Å². The Morgan fingerprint density at radius 1 is 1.17 bits per heavy atom. The van der Waals surface area contributed by atoms with E-state index in [-0.39, 0.29) is 6.42 Å². The van der Waals surface area contributed by atoms with Crippen molar-refractivity contribution in [2.75, 3.05) is 0 Å². The van der Waals surface area contributed by atoms with Crippen LogP contribution in [0.4, 0.5) is 0 Å². The highest BCUT2D eigenvalue weighted by molar-refractivity contribution is 5.09. The van der Waals surface area contributed by atoms with Crippen molar-refractivity contribution in [2.24, 2.45) is 0 Å². The summed E-state index contributed by atoms with van der Waals surface area (Å²) in [5.74, 6) is 0. The summed E-state index contributed by atoms with van der Waals surface area (Å²) >= 11 is 0. The van der Waals surface area contributed by atoms with Crippen LogP contribution in [-0.2, 0) is 0 Å². The van der Waals surface area contributed by atoms with Gasteiger partial charge in [-0.1, -0.05) is 29.4 Å². The van der Waals surface area contributed by atoms with Crippen LogP contribution in [-0.4, -0.2) is 33.1 Å². The van der Waals surface area contributed by atoms with E-state index in [1.54, 1.807) is 19.1 Å². The summed E-state index contributed by atoms with van der Waals surface area (Å²) in [6.07, 6.45) is 4.28. The molecular formula is C15H26O3. The van der Waals surface area contributed by atoms with Crippen LogP contribution in [0.3, 0.4) is 0 Å². The van der Waals surface area contributed by atoms with E-state index in [9.17, 15) is 15.3 Å². The lowest BCUT2D eigenvalue weighted by molar-refractivity contribution is 0.0573. The average Bonchev–Trinajstić information content (AvgIpc) is 2.14. The normalized spacial score (nSPS) is 18.7. The zero-order valence-electron chi connectivity index (χ0n) is 11.8. The van der Waals surface area contributed by atoms with Gasteiger partial charge in [0.15, 0.2) is 0 Å². The van der Waals surface area contributed by atoms with E-state index < -0.39 is 17.8 Å². The quantitative estimate of drug-likeness (QED) is 0.611. The van der Waals surface area contributed by atoms with Crippen molar-refractivity contribution < 1.29 is 15.3 Å². The molecule has 18 heavy (non-hydrogen) atoms. The first-order valence-corrected chi connectivity index (χ1v) is 6.20. The van der Waals surface area contributed by atoms with Gasteiger partial charge in [0.25, 0.3) is 0 Å². The minimum Gasteiger partial charge on any atom is -0.389 e. The molecule has 104 valence electrons. The third-order valence-electron chi connectivity index (χ3n) is 2.60. The van der Waals surface area contributed by atoms with Crippen molar-refractivity contribution in [1.29, 1.82) is 0 Å². The maximum Gasteiger partial charge on any atom is 0.0824 e. The topological polar surface area (TPSA) is 60.7 Å². The Morgan fingerprint density at radius 2 is 1.72 bits per heavy atom. The Balaban J connectivity index is 4.41. The van der Waals surface area contributed by atoms with Crippen LogP contribution in [0.5, 0.6) is 0 Å². The second-order valence-corrected chi connectivity index (χ2v) is 5.36. The summed E-state index contributed by atoms with van der Waals surface area (Å²) < 4.78 is 0. The standard InChI is InChI=1S/C15H26O3/c1-6-15(5,18)10-14(17)9-12(4)8-13(16)7-11(2)3/h6-7,9,13-14,16-18H,1,8,10H2,2-5H3/b12-9+/t13-,14-,15+/m0/s1. The van der Waals surface area contributed by atoms with Crippen LogP contribution in [0.25, 0.3) is 0 Å². The largest absolute Gasteiger partial charge is 0.389 e. The van der Waals surface area contributed by atoms with E-state index in [0.717, 1.165) is 11.1 Å². The van der Waals surface area contributed by atoms with Gasteiger partial charge in [0, 0.05) is 6.42 Å². The Hall–Kier alpha value is -0.900. The van der Waals surface area contributed by atoms with Gasteiger partial charge in [0.1, 0.15) is 0 Å². The third kappa shape index (κ3) is 8.23. The molecule has 0 spiro atoms. The second-order valence-electron chi connectivity index (χ2n) is 5.36. The van der Waals surface area contributed by atoms with E-state index in [0.29, 0.717) is 6.42 Å². The number of hydrogen-bond donors (Lipinski definition) is 3. The number of aliphatic hydroxyl groups excluding tert-OH is 2. The molecule has 3 N–H and O–H groups in total. The molecule has 3 atom stereocenters. The van der Waals surface area contributed by atoms with E-state index in [1.165, 1.54) is 6.08 Å². The molecule has 0 rings (SSSR count). The fourth-order valence-corrected chi connectivity index (χ4v) is 1.74. The molecule has 0 radical (unpaired) electrons. The Morgan fingerprint density at radius 3 is 2.17 bits per heavy atom. The molecule has 0 aliphatic carbocycles. The predicted octanol–water partition coefficient (Wildman–Crippen LogP) is 2.34. The molecule has 0 aromatic carbocycles. The fraction of sp³-hybridized carbons (Fsp3) is 0.600. The van der Waals surface area contributed by atoms with Gasteiger partial charge in [-0.2, -0.15) is 0 Å². The molecule has 0 amide bonds. The van der Waals surface area contributed by atoms with E-state index in [1.807, 2.05) is 20.8 Å². The van der Waals surface area contributed by atoms with Gasteiger partial charge in [-0.15, -0.1) is 6.58 Å². The first-order chi connectivity index (χ1) is 8.16. The minimum atomic E-state index is -1.07. The van der Waals surface area contributed by atoms with Crippen LogP contribution >= 0.6 is 0 Å². The number of hydrogen-bond acceptors (Lipinski definition) is 3. The molecule has 0 aliphatic heterocycles. The summed E-state index contributed by atoms with van der Waals surface area (Å²) in [5.41, 5.74) is 0.882. The van der Waals surface area contributed by atoms with Gasteiger partial charge in [0.2, 0.25) is 0 Å². The maximum absolute atomic E-state index is 9.80. The van der Waals surface area contributed by atoms with Crippen molar-refractivity contribution in [3.8, 4) is 0 Å². The zero-order valence-corrected chi connectivity index (χ0v) is 11.8. The highest BCUT2D eigenvalue weighted by Gasteiger charge is 2.19. The van der Waals surface area contributed by atoms with Crippen LogP contribution in [0.1, 0.15) is 40.5 Å². The van der Waals surface area contributed by atoms with Crippen molar-refractivity contribution in [3.63, 3.8) is 0 Å². The summed E-state index contributed by atoms with van der Waals surface area (Å²) in [5, 5.41) is 29.3. The lowest BCUT2D eigenvalue weighted by atomic mass is 9.96. The zero-order chi connectivity index (χ0) is 14.3. The highest BCUT2D eigenvalue weighted by atomic mass is 16.3. The molecule has 0 heterocycles. The van der Waals surface area contributed by atoms with Gasteiger partial charge < -0.3 is 15.3 Å². The van der Waals surface area contributed by atoms with E-state index in [4.69, 9.17) is 0 Å². The third-order valence-corrected chi connectivity index (χ3v) is 2.60. The predicted molar refractivity (Wildman–Crippen MR) is 75.3 cm³/mol. The number of allylic oxidation sites excluding steroid dienone is 1. The van der Waals surface area contributed by atoms with Gasteiger partial charge >= 0.3 is 0 Å². The summed E-state index contributed by atoms with van der Waals surface area (Å²) in [7, 11) is 0. The molecule has 0 bridgehead atoms. The molecule has 0 fully saturated rings. The Bertz CT molecular complexity index is 323. The Kier molecular flexibility index (Phi) is 7.14. The molecule has 0 unspecified atom stereocenters. The molecule has 3 nitrogen and oxygen atoms in total. The minimum absolute atomic E-state index is 0.201. The van der Waals surface area contributed by atoms with Crippen LogP contribution in [0.2, 0.25) is 0 Å². The molecule has 0 saturated carbocycles. The van der Waals surface area contributed by atoms with Crippen LogP contribution in [0.15, 0.2) is 36.0 Å². The van der Waals surface area contributed by atoms with Crippen molar-refractivity contribution in [3.05, 3.63) is 36.0 Å². The maximum atomic E-state index is 9.80. The first-order valence-electron chi connectivity index (χ1n) is 6.20. The molecule has 0 aliphatic rings. The number of aliphatic hydroxyl groups is 3. The van der Waals surface area contributed by atoms with Gasteiger partial charge in [-0.25, -0.2) is 0 Å². The van der Waals surface area contributed by atoms with E-state index >= 15 is 0 Å². The summed E-state index contributed by atoms with van der Waals surface area (Å²) in [6.45, 7) is 10.8. The lowest BCUT2D eigenvalue weighted by Crippen LogP contribution is -2.26. The summed E-state index contributed by atoms with van der Waals surface area (Å²) in [4.78, 5) is 0. The molecule has 0 aromatic rings. The molecule has 3 heteroatoms. The molecule has 0 aromatic heterocycles. The van der Waals surface area contributed by atoms with Gasteiger partial charge in [-0.05, 0) is 34.1 Å². The van der Waals surface area contributed by atoms with Crippen molar-refractivity contribution in [1.82, 2.24) is 0 Å². The highest BCUT2D eigenvalue weighted by Crippen LogP contribution is 2.16. The fourth-order valence-electron chi connectivity index (χ4n) is 1.74. The SMILES string of the molecule is C=C[C@@](C)(O)C[C@@H](O)/C=C(\C)C[C@@H](O)C=C(C)C. The smallest absolute Gasteiger partial charge is 0.0824 e. The molecule has 0 saturated heterocycles. The van der Waals surface area contributed by atoms with E-state index in [2.05, 4.69) is 6.58 Å². The Labute approximate surface area is 110 Å².